The minimum absolute atomic E-state index is 0.177. The summed E-state index contributed by atoms with van der Waals surface area (Å²) >= 11 is 7.26. The molecule has 3 N–H and O–H groups in total. The number of benzene rings is 1. The fourth-order valence-corrected chi connectivity index (χ4v) is 2.87. The van der Waals surface area contributed by atoms with Gasteiger partial charge < -0.3 is 15.8 Å². The molecule has 0 spiro atoms. The van der Waals surface area contributed by atoms with E-state index in [1.807, 2.05) is 31.2 Å². The van der Waals surface area contributed by atoms with Crippen molar-refractivity contribution >= 4 is 33.8 Å². The summed E-state index contributed by atoms with van der Waals surface area (Å²) < 4.78 is 5.18. The van der Waals surface area contributed by atoms with E-state index in [-0.39, 0.29) is 5.91 Å². The van der Waals surface area contributed by atoms with Gasteiger partial charge in [-0.2, -0.15) is 0 Å². The van der Waals surface area contributed by atoms with Gasteiger partial charge in [-0.25, -0.2) is 0 Å². The van der Waals surface area contributed by atoms with Gasteiger partial charge >= 0.3 is 0 Å². The molecule has 0 fully saturated rings. The molecular weight excluding hydrogens is 308 g/mol. The molecule has 0 aliphatic heterocycles. The molecule has 6 heteroatoms. The zero-order chi connectivity index (χ0) is 15.2. The SMILES string of the molecule is CCOCCNC(=O)c1cc(-c2ccc(Cl)cc2)sc1N. The first-order valence-electron chi connectivity index (χ1n) is 6.63. The van der Waals surface area contributed by atoms with Gasteiger partial charge in [0.15, 0.2) is 0 Å². The van der Waals surface area contributed by atoms with Crippen LogP contribution >= 0.6 is 22.9 Å². The van der Waals surface area contributed by atoms with Gasteiger partial charge in [0.25, 0.3) is 5.91 Å². The van der Waals surface area contributed by atoms with E-state index < -0.39 is 0 Å². The average molecular weight is 325 g/mol. The summed E-state index contributed by atoms with van der Waals surface area (Å²) in [5, 5.41) is 3.98. The second kappa shape index (κ2) is 7.45. The molecule has 1 amide bonds. The Bertz CT molecular complexity index is 611. The van der Waals surface area contributed by atoms with E-state index >= 15 is 0 Å². The molecule has 0 radical (unpaired) electrons. The number of nitrogens with one attached hydrogen (secondary N) is 1. The van der Waals surface area contributed by atoms with E-state index in [2.05, 4.69) is 5.32 Å². The van der Waals surface area contributed by atoms with Crippen molar-refractivity contribution in [1.29, 1.82) is 0 Å². The maximum atomic E-state index is 12.1. The van der Waals surface area contributed by atoms with E-state index in [4.69, 9.17) is 22.1 Å². The molecule has 112 valence electrons. The zero-order valence-corrected chi connectivity index (χ0v) is 13.3. The molecular formula is C15H17ClN2O2S. The van der Waals surface area contributed by atoms with Crippen LogP contribution in [-0.2, 0) is 4.74 Å². The van der Waals surface area contributed by atoms with Crippen molar-refractivity contribution in [3.63, 3.8) is 0 Å². The van der Waals surface area contributed by atoms with Crippen LogP contribution in [0.25, 0.3) is 10.4 Å². The van der Waals surface area contributed by atoms with Crippen LogP contribution < -0.4 is 11.1 Å². The van der Waals surface area contributed by atoms with Crippen LogP contribution in [0.3, 0.4) is 0 Å². The van der Waals surface area contributed by atoms with E-state index in [1.54, 1.807) is 6.07 Å². The summed E-state index contributed by atoms with van der Waals surface area (Å²) in [5.41, 5.74) is 7.43. The second-order valence-electron chi connectivity index (χ2n) is 4.35. The summed E-state index contributed by atoms with van der Waals surface area (Å²) in [7, 11) is 0. The summed E-state index contributed by atoms with van der Waals surface area (Å²) in [6.07, 6.45) is 0. The Morgan fingerprint density at radius 1 is 1.38 bits per heavy atom. The molecule has 0 aliphatic carbocycles. The molecule has 1 aromatic heterocycles. The second-order valence-corrected chi connectivity index (χ2v) is 5.87. The first-order valence-corrected chi connectivity index (χ1v) is 7.82. The summed E-state index contributed by atoms with van der Waals surface area (Å²) in [5.74, 6) is -0.177. The topological polar surface area (TPSA) is 64.3 Å². The van der Waals surface area contributed by atoms with Crippen LogP contribution in [0.5, 0.6) is 0 Å². The van der Waals surface area contributed by atoms with Gasteiger partial charge in [-0.1, -0.05) is 23.7 Å². The van der Waals surface area contributed by atoms with E-state index in [9.17, 15) is 4.79 Å². The Labute approximate surface area is 132 Å². The number of amides is 1. The molecule has 0 unspecified atom stereocenters. The highest BCUT2D eigenvalue weighted by Crippen LogP contribution is 2.33. The molecule has 0 saturated heterocycles. The van der Waals surface area contributed by atoms with Crippen molar-refractivity contribution in [2.75, 3.05) is 25.5 Å². The standard InChI is InChI=1S/C15H17ClN2O2S/c1-2-20-8-7-18-15(19)12-9-13(21-14(12)17)10-3-5-11(16)6-4-10/h3-6,9H,2,7-8,17H2,1H3,(H,18,19). The highest BCUT2D eigenvalue weighted by molar-refractivity contribution is 7.19. The number of halogens is 1. The Hall–Kier alpha value is -1.56. The van der Waals surface area contributed by atoms with Crippen molar-refractivity contribution in [2.24, 2.45) is 0 Å². The average Bonchev–Trinajstić information content (AvgIpc) is 2.86. The number of hydrogen-bond donors (Lipinski definition) is 2. The quantitative estimate of drug-likeness (QED) is 0.800. The van der Waals surface area contributed by atoms with Gasteiger partial charge in [-0.05, 0) is 30.7 Å². The third-order valence-electron chi connectivity index (χ3n) is 2.87. The number of carbonyl (C=O) groups is 1. The molecule has 2 aromatic rings. The minimum atomic E-state index is -0.177. The van der Waals surface area contributed by atoms with E-state index in [0.29, 0.717) is 35.3 Å². The van der Waals surface area contributed by atoms with Crippen molar-refractivity contribution < 1.29 is 9.53 Å². The smallest absolute Gasteiger partial charge is 0.254 e. The highest BCUT2D eigenvalue weighted by Gasteiger charge is 2.14. The van der Waals surface area contributed by atoms with Gasteiger partial charge in [0, 0.05) is 23.1 Å². The third-order valence-corrected chi connectivity index (χ3v) is 4.14. The van der Waals surface area contributed by atoms with Crippen LogP contribution in [0.4, 0.5) is 5.00 Å². The van der Waals surface area contributed by atoms with Gasteiger partial charge in [-0.15, -0.1) is 11.3 Å². The van der Waals surface area contributed by atoms with Crippen molar-refractivity contribution in [1.82, 2.24) is 5.32 Å². The van der Waals surface area contributed by atoms with Gasteiger partial charge in [0.05, 0.1) is 17.2 Å². The Kier molecular flexibility index (Phi) is 5.61. The number of nitrogen functional groups attached to an aromatic ring is 1. The van der Waals surface area contributed by atoms with Gasteiger partial charge in [-0.3, -0.25) is 4.79 Å². The molecule has 21 heavy (non-hydrogen) atoms. The van der Waals surface area contributed by atoms with Crippen LogP contribution in [0.1, 0.15) is 17.3 Å². The van der Waals surface area contributed by atoms with Crippen LogP contribution in [0, 0.1) is 0 Å². The largest absolute Gasteiger partial charge is 0.390 e. The monoisotopic (exact) mass is 324 g/mol. The number of hydrogen-bond acceptors (Lipinski definition) is 4. The molecule has 0 saturated carbocycles. The number of nitrogens with two attached hydrogens (primary N) is 1. The van der Waals surface area contributed by atoms with Crippen LogP contribution in [0.15, 0.2) is 30.3 Å². The summed E-state index contributed by atoms with van der Waals surface area (Å²) in [4.78, 5) is 13.0. The molecule has 0 bridgehead atoms. The first-order chi connectivity index (χ1) is 10.1. The lowest BCUT2D eigenvalue weighted by Crippen LogP contribution is -2.27. The lowest BCUT2D eigenvalue weighted by atomic mass is 10.1. The number of anilines is 1. The fourth-order valence-electron chi connectivity index (χ4n) is 1.82. The minimum Gasteiger partial charge on any atom is -0.390 e. The molecule has 2 rings (SSSR count). The molecule has 1 heterocycles. The normalized spacial score (nSPS) is 10.6. The van der Waals surface area contributed by atoms with Gasteiger partial charge in [0.2, 0.25) is 0 Å². The van der Waals surface area contributed by atoms with Crippen molar-refractivity contribution in [2.45, 2.75) is 6.92 Å². The maximum Gasteiger partial charge on any atom is 0.254 e. The Morgan fingerprint density at radius 2 is 2.10 bits per heavy atom. The zero-order valence-electron chi connectivity index (χ0n) is 11.7. The molecule has 1 aromatic carbocycles. The predicted molar refractivity (Wildman–Crippen MR) is 88.0 cm³/mol. The molecule has 0 atom stereocenters. The van der Waals surface area contributed by atoms with Crippen molar-refractivity contribution in [3.8, 4) is 10.4 Å². The number of ether oxygens (including phenoxy) is 1. The van der Waals surface area contributed by atoms with Crippen LogP contribution in [0.2, 0.25) is 5.02 Å². The Morgan fingerprint density at radius 3 is 2.76 bits per heavy atom. The van der Waals surface area contributed by atoms with Crippen molar-refractivity contribution in [3.05, 3.63) is 40.9 Å². The summed E-state index contributed by atoms with van der Waals surface area (Å²) in [6.45, 7) is 3.52. The lowest BCUT2D eigenvalue weighted by molar-refractivity contribution is 0.0924. The number of thiophene rings is 1. The summed E-state index contributed by atoms with van der Waals surface area (Å²) in [6, 6.07) is 9.25. The predicted octanol–water partition coefficient (Wildman–Crippen LogP) is 3.42. The van der Waals surface area contributed by atoms with E-state index in [0.717, 1.165) is 10.4 Å². The third kappa shape index (κ3) is 4.20. The van der Waals surface area contributed by atoms with Gasteiger partial charge in [0.1, 0.15) is 0 Å². The fraction of sp³-hybridized carbons (Fsp3) is 0.267. The molecule has 4 nitrogen and oxygen atoms in total. The van der Waals surface area contributed by atoms with Crippen LogP contribution in [-0.4, -0.2) is 25.7 Å². The first kappa shape index (κ1) is 15.8. The maximum absolute atomic E-state index is 12.1. The molecule has 0 aliphatic rings. The highest BCUT2D eigenvalue weighted by atomic mass is 35.5. The van der Waals surface area contributed by atoms with E-state index in [1.165, 1.54) is 11.3 Å². The Balaban J connectivity index is 2.08. The number of rotatable bonds is 6. The lowest BCUT2D eigenvalue weighted by Gasteiger charge is -2.04. The number of carbonyl (C=O) groups excluding carboxylic acids is 1.